The molecule has 0 aromatic heterocycles. The monoisotopic (exact) mass is 244 g/mol. The van der Waals surface area contributed by atoms with E-state index < -0.39 is 8.07 Å². The van der Waals surface area contributed by atoms with Gasteiger partial charge in [-0.15, -0.1) is 0 Å². The van der Waals surface area contributed by atoms with Gasteiger partial charge in [-0.2, -0.15) is 0 Å². The largest absolute Gasteiger partial charge is 0.507 e. The molecule has 0 aliphatic carbocycles. The summed E-state index contributed by atoms with van der Waals surface area (Å²) in [5, 5.41) is 10.7. The number of aromatic hydroxyl groups is 1. The molecule has 0 amide bonds. The topological polar surface area (TPSA) is 20.2 Å². The van der Waals surface area contributed by atoms with Crippen LogP contribution < -0.4 is 5.19 Å². The fourth-order valence-electron chi connectivity index (χ4n) is 1.10. The van der Waals surface area contributed by atoms with E-state index in [1.807, 2.05) is 6.07 Å². The lowest BCUT2D eigenvalue weighted by atomic mass is 10.3. The molecule has 1 rings (SSSR count). The molecular weight excluding hydrogens is 232 g/mol. The number of phenols is 1. The Kier molecular flexibility index (Phi) is 2.63. The summed E-state index contributed by atoms with van der Waals surface area (Å²) in [6, 6.07) is 5.68. The number of benzene rings is 1. The lowest BCUT2D eigenvalue weighted by molar-refractivity contribution is 0.472. The second kappa shape index (κ2) is 3.22. The fourth-order valence-corrected chi connectivity index (χ4v) is 4.53. The van der Waals surface area contributed by atoms with Gasteiger partial charge in [0.1, 0.15) is 5.75 Å². The normalized spacial score (nSPS) is 11.7. The van der Waals surface area contributed by atoms with Gasteiger partial charge in [0.2, 0.25) is 0 Å². The van der Waals surface area contributed by atoms with E-state index in [-0.39, 0.29) is 0 Å². The van der Waals surface area contributed by atoms with Crippen LogP contribution in [0.3, 0.4) is 0 Å². The minimum atomic E-state index is -1.32. The highest BCUT2D eigenvalue weighted by atomic mass is 79.9. The SMILES string of the molecule is C[Si](C)(C)c1cccc(O)c1Br. The molecule has 0 unspecified atom stereocenters. The smallest absolute Gasteiger partial charge is 0.129 e. The third-order valence-electron chi connectivity index (χ3n) is 1.79. The first-order chi connectivity index (χ1) is 5.43. The summed E-state index contributed by atoms with van der Waals surface area (Å²) < 4.78 is 0.865. The van der Waals surface area contributed by atoms with Crippen molar-refractivity contribution in [1.82, 2.24) is 0 Å². The van der Waals surface area contributed by atoms with E-state index in [1.165, 1.54) is 5.19 Å². The minimum Gasteiger partial charge on any atom is -0.507 e. The molecule has 0 fully saturated rings. The molecule has 1 nitrogen and oxygen atoms in total. The van der Waals surface area contributed by atoms with Crippen LogP contribution in [0.1, 0.15) is 0 Å². The summed E-state index contributed by atoms with van der Waals surface area (Å²) >= 11 is 3.40. The standard InChI is InChI=1S/C9H13BrOSi/c1-12(2,3)8-6-4-5-7(11)9(8)10/h4-6,11H,1-3H3. The molecule has 0 bridgehead atoms. The van der Waals surface area contributed by atoms with Gasteiger partial charge in [0, 0.05) is 0 Å². The molecule has 0 aliphatic rings. The predicted molar refractivity (Wildman–Crippen MR) is 58.8 cm³/mol. The summed E-state index contributed by atoms with van der Waals surface area (Å²) in [4.78, 5) is 0. The molecule has 0 spiro atoms. The van der Waals surface area contributed by atoms with Crippen molar-refractivity contribution in [3.05, 3.63) is 22.7 Å². The quantitative estimate of drug-likeness (QED) is 0.754. The Balaban J connectivity index is 3.26. The van der Waals surface area contributed by atoms with E-state index in [9.17, 15) is 5.11 Å². The van der Waals surface area contributed by atoms with Crippen LogP contribution >= 0.6 is 15.9 Å². The lowest BCUT2D eigenvalue weighted by Gasteiger charge is -2.18. The second-order valence-electron chi connectivity index (χ2n) is 3.89. The first-order valence-electron chi connectivity index (χ1n) is 3.91. The average Bonchev–Trinajstić information content (AvgIpc) is 1.92. The summed E-state index contributed by atoms with van der Waals surface area (Å²) in [6.45, 7) is 6.77. The van der Waals surface area contributed by atoms with Crippen molar-refractivity contribution in [3.8, 4) is 5.75 Å². The van der Waals surface area contributed by atoms with E-state index in [0.29, 0.717) is 5.75 Å². The van der Waals surface area contributed by atoms with Gasteiger partial charge in [-0.1, -0.05) is 31.8 Å². The summed E-state index contributed by atoms with van der Waals surface area (Å²) in [5.41, 5.74) is 0. The van der Waals surface area contributed by atoms with E-state index in [1.54, 1.807) is 6.07 Å². The molecule has 12 heavy (non-hydrogen) atoms. The maximum atomic E-state index is 9.44. The summed E-state index contributed by atoms with van der Waals surface area (Å²) in [6.07, 6.45) is 0. The molecule has 3 heteroatoms. The van der Waals surface area contributed by atoms with Crippen molar-refractivity contribution in [1.29, 1.82) is 0 Å². The van der Waals surface area contributed by atoms with Crippen LogP contribution in [0.4, 0.5) is 0 Å². The van der Waals surface area contributed by atoms with E-state index in [4.69, 9.17) is 0 Å². The molecule has 0 atom stereocenters. The number of hydrogen-bond donors (Lipinski definition) is 1. The van der Waals surface area contributed by atoms with Gasteiger partial charge in [-0.05, 0) is 27.2 Å². The van der Waals surface area contributed by atoms with Gasteiger partial charge in [-0.25, -0.2) is 0 Å². The van der Waals surface area contributed by atoms with E-state index in [2.05, 4.69) is 41.6 Å². The Bertz CT molecular complexity index is 291. The van der Waals surface area contributed by atoms with Crippen LogP contribution in [0.15, 0.2) is 22.7 Å². The summed E-state index contributed by atoms with van der Waals surface area (Å²) in [7, 11) is -1.32. The van der Waals surface area contributed by atoms with Gasteiger partial charge in [0.15, 0.2) is 0 Å². The van der Waals surface area contributed by atoms with Gasteiger partial charge in [0.05, 0.1) is 12.5 Å². The van der Waals surface area contributed by atoms with Crippen LogP contribution in [-0.4, -0.2) is 13.2 Å². The Hall–Kier alpha value is -0.283. The van der Waals surface area contributed by atoms with Crippen molar-refractivity contribution in [2.24, 2.45) is 0 Å². The fraction of sp³-hybridized carbons (Fsp3) is 0.333. The van der Waals surface area contributed by atoms with Gasteiger partial charge in [-0.3, -0.25) is 0 Å². The molecule has 1 aromatic carbocycles. The number of hydrogen-bond acceptors (Lipinski definition) is 1. The van der Waals surface area contributed by atoms with E-state index >= 15 is 0 Å². The number of phenolic OH excluding ortho intramolecular Hbond substituents is 1. The van der Waals surface area contributed by atoms with Gasteiger partial charge < -0.3 is 5.11 Å². The Labute approximate surface area is 82.6 Å². The van der Waals surface area contributed by atoms with Crippen LogP contribution in [0.25, 0.3) is 0 Å². The summed E-state index contributed by atoms with van der Waals surface area (Å²) in [5.74, 6) is 0.343. The van der Waals surface area contributed by atoms with Crippen molar-refractivity contribution >= 4 is 29.2 Å². The molecular formula is C9H13BrOSi. The van der Waals surface area contributed by atoms with Crippen LogP contribution in [0.5, 0.6) is 5.75 Å². The number of halogens is 1. The lowest BCUT2D eigenvalue weighted by Crippen LogP contribution is -2.38. The van der Waals surface area contributed by atoms with Crippen LogP contribution in [0.2, 0.25) is 19.6 Å². The van der Waals surface area contributed by atoms with Crippen LogP contribution in [-0.2, 0) is 0 Å². The first kappa shape index (κ1) is 9.80. The highest BCUT2D eigenvalue weighted by Crippen LogP contribution is 2.23. The maximum absolute atomic E-state index is 9.44. The zero-order valence-corrected chi connectivity index (χ0v) is 10.1. The molecule has 0 aliphatic heterocycles. The zero-order chi connectivity index (χ0) is 9.35. The maximum Gasteiger partial charge on any atom is 0.129 e. The first-order valence-corrected chi connectivity index (χ1v) is 8.20. The third kappa shape index (κ3) is 1.90. The predicted octanol–water partition coefficient (Wildman–Crippen LogP) is 2.70. The highest BCUT2D eigenvalue weighted by molar-refractivity contribution is 9.10. The second-order valence-corrected chi connectivity index (χ2v) is 9.72. The van der Waals surface area contributed by atoms with Crippen molar-refractivity contribution in [2.45, 2.75) is 19.6 Å². The third-order valence-corrected chi connectivity index (χ3v) is 5.02. The molecule has 0 radical (unpaired) electrons. The Morgan fingerprint density at radius 2 is 1.83 bits per heavy atom. The minimum absolute atomic E-state index is 0.343. The molecule has 0 heterocycles. The van der Waals surface area contributed by atoms with Crippen molar-refractivity contribution in [3.63, 3.8) is 0 Å². The molecule has 0 saturated carbocycles. The average molecular weight is 245 g/mol. The van der Waals surface area contributed by atoms with Crippen LogP contribution in [0, 0.1) is 0 Å². The van der Waals surface area contributed by atoms with Crippen molar-refractivity contribution in [2.75, 3.05) is 0 Å². The molecule has 1 N–H and O–H groups in total. The molecule has 1 aromatic rings. The highest BCUT2D eigenvalue weighted by Gasteiger charge is 2.20. The van der Waals surface area contributed by atoms with Gasteiger partial charge >= 0.3 is 0 Å². The molecule has 0 saturated heterocycles. The number of rotatable bonds is 1. The van der Waals surface area contributed by atoms with Gasteiger partial charge in [0.25, 0.3) is 0 Å². The zero-order valence-electron chi connectivity index (χ0n) is 7.56. The Morgan fingerprint density at radius 1 is 1.25 bits per heavy atom. The Morgan fingerprint density at radius 3 is 2.25 bits per heavy atom. The van der Waals surface area contributed by atoms with E-state index in [0.717, 1.165) is 4.47 Å². The molecule has 66 valence electrons. The van der Waals surface area contributed by atoms with Crippen molar-refractivity contribution < 1.29 is 5.11 Å².